The van der Waals surface area contributed by atoms with Crippen molar-refractivity contribution in [3.05, 3.63) is 24.3 Å². The molecule has 7 nitrogen and oxygen atoms in total. The van der Waals surface area contributed by atoms with Crippen LogP contribution in [0.1, 0.15) is 0 Å². The van der Waals surface area contributed by atoms with Crippen LogP contribution >= 0.6 is 7.82 Å². The summed E-state index contributed by atoms with van der Waals surface area (Å²) in [6.45, 7) is 0. The number of primary sulfonamides is 1. The van der Waals surface area contributed by atoms with Crippen LogP contribution in [0, 0.1) is 0 Å². The highest BCUT2D eigenvalue weighted by molar-refractivity contribution is 7.89. The molecule has 1 aromatic carbocycles. The molecule has 0 unspecified atom stereocenters. The molecule has 0 bridgehead atoms. The molecule has 0 heterocycles. The van der Waals surface area contributed by atoms with Crippen molar-refractivity contribution < 1.29 is 27.3 Å². The van der Waals surface area contributed by atoms with Crippen LogP contribution in [0.3, 0.4) is 0 Å². The highest BCUT2D eigenvalue weighted by atomic mass is 32.2. The van der Waals surface area contributed by atoms with Gasteiger partial charge in [-0.2, -0.15) is 0 Å². The predicted octanol–water partition coefficient (Wildman–Crippen LogP) is -0.194. The topological polar surface area (TPSA) is 127 Å². The van der Waals surface area contributed by atoms with Crippen molar-refractivity contribution in [3.63, 3.8) is 0 Å². The molecule has 4 N–H and O–H groups in total. The molecule has 0 spiro atoms. The van der Waals surface area contributed by atoms with Crippen LogP contribution in [0.5, 0.6) is 5.75 Å². The van der Waals surface area contributed by atoms with Gasteiger partial charge in [-0.3, -0.25) is 9.79 Å². The number of sulfonamides is 1. The Labute approximate surface area is 85.8 Å². The van der Waals surface area contributed by atoms with Gasteiger partial charge < -0.3 is 4.52 Å². The molecule has 9 heteroatoms. The first kappa shape index (κ1) is 12.2. The number of hydrogen-bond acceptors (Lipinski definition) is 4. The van der Waals surface area contributed by atoms with Gasteiger partial charge in [0.1, 0.15) is 4.90 Å². The second-order valence-corrected chi connectivity index (χ2v) is 5.27. The van der Waals surface area contributed by atoms with E-state index in [2.05, 4.69) is 4.52 Å². The van der Waals surface area contributed by atoms with Crippen molar-refractivity contribution in [3.8, 4) is 5.75 Å². The number of para-hydroxylation sites is 1. The SMILES string of the molecule is NS(=O)(=O)c1ccccc1OP(=O)(O)O. The minimum atomic E-state index is -4.80. The lowest BCUT2D eigenvalue weighted by atomic mass is 10.3. The van der Waals surface area contributed by atoms with Gasteiger partial charge in [-0.15, -0.1) is 0 Å². The number of rotatable bonds is 3. The highest BCUT2D eigenvalue weighted by Crippen LogP contribution is 2.39. The largest absolute Gasteiger partial charge is 0.524 e. The van der Waals surface area contributed by atoms with E-state index in [1.165, 1.54) is 12.1 Å². The fourth-order valence-electron chi connectivity index (χ4n) is 0.889. The Balaban J connectivity index is 3.26. The fourth-order valence-corrected chi connectivity index (χ4v) is 2.02. The van der Waals surface area contributed by atoms with Crippen LogP contribution in [-0.4, -0.2) is 18.2 Å². The van der Waals surface area contributed by atoms with Crippen molar-refractivity contribution in [1.29, 1.82) is 0 Å². The molecule has 84 valence electrons. The van der Waals surface area contributed by atoms with Crippen molar-refractivity contribution in [2.75, 3.05) is 0 Å². The Morgan fingerprint density at radius 3 is 2.27 bits per heavy atom. The molecule has 0 atom stereocenters. The molecular weight excluding hydrogens is 245 g/mol. The molecule has 0 aromatic heterocycles. The average Bonchev–Trinajstić information content (AvgIpc) is 1.99. The lowest BCUT2D eigenvalue weighted by Gasteiger charge is -2.09. The van der Waals surface area contributed by atoms with Gasteiger partial charge in [0.05, 0.1) is 0 Å². The summed E-state index contributed by atoms with van der Waals surface area (Å²) in [7, 11) is -8.88. The maximum absolute atomic E-state index is 11.0. The standard InChI is InChI=1S/C6H8NO6PS/c7-15(11,12)6-4-2-1-3-5(6)13-14(8,9)10/h1-4H,(H2,7,11,12)(H2,8,9,10). The molecule has 1 aromatic rings. The molecule has 0 aliphatic heterocycles. The third-order valence-corrected chi connectivity index (χ3v) is 2.76. The van der Waals surface area contributed by atoms with Crippen LogP contribution in [0.2, 0.25) is 0 Å². The fraction of sp³-hybridized carbons (Fsp3) is 0. The summed E-state index contributed by atoms with van der Waals surface area (Å²) in [6.07, 6.45) is 0. The van der Waals surface area contributed by atoms with Gasteiger partial charge in [0, 0.05) is 0 Å². The zero-order valence-electron chi connectivity index (χ0n) is 7.27. The molecular formula is C6H8NO6PS. The minimum absolute atomic E-state index is 0.478. The van der Waals surface area contributed by atoms with Crippen LogP contribution in [-0.2, 0) is 14.6 Å². The van der Waals surface area contributed by atoms with Crippen molar-refractivity contribution in [1.82, 2.24) is 0 Å². The first-order valence-electron chi connectivity index (χ1n) is 3.57. The maximum atomic E-state index is 11.0. The Morgan fingerprint density at radius 2 is 1.80 bits per heavy atom. The van der Waals surface area contributed by atoms with Crippen LogP contribution in [0.25, 0.3) is 0 Å². The number of nitrogens with two attached hydrogens (primary N) is 1. The lowest BCUT2D eigenvalue weighted by Crippen LogP contribution is -2.13. The predicted molar refractivity (Wildman–Crippen MR) is 50.5 cm³/mol. The van der Waals surface area contributed by atoms with E-state index < -0.39 is 28.5 Å². The van der Waals surface area contributed by atoms with E-state index >= 15 is 0 Å². The van der Waals surface area contributed by atoms with Gasteiger partial charge in [-0.25, -0.2) is 18.1 Å². The number of phosphoric acid groups is 1. The van der Waals surface area contributed by atoms with E-state index in [0.29, 0.717) is 0 Å². The van der Waals surface area contributed by atoms with Crippen molar-refractivity contribution in [2.24, 2.45) is 5.14 Å². The molecule has 0 radical (unpaired) electrons. The summed E-state index contributed by atoms with van der Waals surface area (Å²) < 4.78 is 36.7. The normalized spacial score (nSPS) is 12.5. The van der Waals surface area contributed by atoms with Crippen LogP contribution in [0.4, 0.5) is 0 Å². The molecule has 0 saturated heterocycles. The number of phosphoric ester groups is 1. The second kappa shape index (κ2) is 3.92. The van der Waals surface area contributed by atoms with Crippen LogP contribution < -0.4 is 9.66 Å². The van der Waals surface area contributed by atoms with Gasteiger partial charge >= 0.3 is 7.82 Å². The minimum Gasteiger partial charge on any atom is -0.403 e. The quantitative estimate of drug-likeness (QED) is 0.640. The summed E-state index contributed by atoms with van der Waals surface area (Å²) in [5.41, 5.74) is 0. The summed E-state index contributed by atoms with van der Waals surface area (Å²) in [5.74, 6) is -0.478. The van der Waals surface area contributed by atoms with E-state index in [1.54, 1.807) is 0 Å². The molecule has 1 rings (SSSR count). The maximum Gasteiger partial charge on any atom is 0.524 e. The zero-order valence-corrected chi connectivity index (χ0v) is 8.98. The lowest BCUT2D eigenvalue weighted by molar-refractivity contribution is 0.281. The molecule has 0 fully saturated rings. The Bertz CT molecular complexity index is 506. The average molecular weight is 253 g/mol. The van der Waals surface area contributed by atoms with E-state index in [4.69, 9.17) is 14.9 Å². The zero-order chi connectivity index (χ0) is 11.7. The summed E-state index contributed by atoms with van der Waals surface area (Å²) in [5, 5.41) is 4.82. The third-order valence-electron chi connectivity index (χ3n) is 1.37. The van der Waals surface area contributed by atoms with Crippen molar-refractivity contribution in [2.45, 2.75) is 4.90 Å². The summed E-state index contributed by atoms with van der Waals surface area (Å²) in [4.78, 5) is 16.6. The Morgan fingerprint density at radius 1 is 1.27 bits per heavy atom. The first-order valence-corrected chi connectivity index (χ1v) is 6.65. The summed E-state index contributed by atoms with van der Waals surface area (Å²) >= 11 is 0. The van der Waals surface area contributed by atoms with E-state index in [9.17, 15) is 13.0 Å². The van der Waals surface area contributed by atoms with Gasteiger partial charge in [0.15, 0.2) is 5.75 Å². The molecule has 0 aliphatic carbocycles. The van der Waals surface area contributed by atoms with Gasteiger partial charge in [-0.1, -0.05) is 12.1 Å². The number of hydrogen-bond donors (Lipinski definition) is 3. The Hall–Kier alpha value is -0.920. The molecule has 15 heavy (non-hydrogen) atoms. The van der Waals surface area contributed by atoms with Crippen LogP contribution in [0.15, 0.2) is 29.2 Å². The molecule has 0 amide bonds. The van der Waals surface area contributed by atoms with Gasteiger partial charge in [0.2, 0.25) is 10.0 Å². The Kier molecular flexibility index (Phi) is 3.17. The van der Waals surface area contributed by atoms with Gasteiger partial charge in [-0.05, 0) is 12.1 Å². The summed E-state index contributed by atoms with van der Waals surface area (Å²) in [6, 6.07) is 4.89. The van der Waals surface area contributed by atoms with Crippen molar-refractivity contribution >= 4 is 17.8 Å². The highest BCUT2D eigenvalue weighted by Gasteiger charge is 2.22. The smallest absolute Gasteiger partial charge is 0.403 e. The van der Waals surface area contributed by atoms with E-state index in [0.717, 1.165) is 12.1 Å². The second-order valence-electron chi connectivity index (χ2n) is 2.57. The monoisotopic (exact) mass is 253 g/mol. The van der Waals surface area contributed by atoms with Gasteiger partial charge in [0.25, 0.3) is 0 Å². The first-order chi connectivity index (χ1) is 6.70. The third kappa shape index (κ3) is 3.61. The molecule has 0 saturated carbocycles. The number of benzene rings is 1. The molecule has 0 aliphatic rings. The van der Waals surface area contributed by atoms with E-state index in [-0.39, 0.29) is 0 Å². The van der Waals surface area contributed by atoms with E-state index in [1.807, 2.05) is 0 Å².